The summed E-state index contributed by atoms with van der Waals surface area (Å²) in [6.45, 7) is 4.19. The molecule has 5 aromatic heterocycles. The Morgan fingerprint density at radius 2 is 0.820 bits per heavy atom. The van der Waals surface area contributed by atoms with Crippen LogP contribution in [0.5, 0.6) is 46.0 Å². The van der Waals surface area contributed by atoms with Gasteiger partial charge in [-0.2, -0.15) is 0 Å². The van der Waals surface area contributed by atoms with Crippen molar-refractivity contribution in [1.82, 2.24) is 4.57 Å². The van der Waals surface area contributed by atoms with Gasteiger partial charge < -0.3 is 42.5 Å². The Labute approximate surface area is 301 Å². The van der Waals surface area contributed by atoms with Gasteiger partial charge in [-0.1, -0.05) is 12.1 Å². The molecule has 11 rings (SSSR count). The maximum Gasteiger partial charge on any atom is 0.181 e. The van der Waals surface area contributed by atoms with Gasteiger partial charge in [0.2, 0.25) is 0 Å². The summed E-state index contributed by atoms with van der Waals surface area (Å²) in [6.07, 6.45) is 0. The van der Waals surface area contributed by atoms with E-state index < -0.39 is 0 Å². The van der Waals surface area contributed by atoms with Gasteiger partial charge in [0.25, 0.3) is 0 Å². The first-order valence-corrected chi connectivity index (χ1v) is 19.7. The lowest BCUT2D eigenvalue weighted by molar-refractivity contribution is 0.172. The fourth-order valence-electron chi connectivity index (χ4n) is 7.12. The fraction of sp³-hybridized carbons (Fsp3) is 0.243. The topological polar surface area (TPSA) is 78.8 Å². The van der Waals surface area contributed by atoms with Crippen LogP contribution >= 0.6 is 45.3 Å². The van der Waals surface area contributed by atoms with E-state index in [1.807, 2.05) is 10.8 Å². The molecule has 50 heavy (non-hydrogen) atoms. The predicted octanol–water partition coefficient (Wildman–Crippen LogP) is 9.33. The van der Waals surface area contributed by atoms with Crippen molar-refractivity contribution < 1.29 is 37.9 Å². The van der Waals surface area contributed by atoms with E-state index in [1.165, 1.54) is 0 Å². The second kappa shape index (κ2) is 11.2. The molecule has 2 aromatic carbocycles. The van der Waals surface area contributed by atoms with Gasteiger partial charge in [-0.05, 0) is 35.4 Å². The van der Waals surface area contributed by atoms with Crippen molar-refractivity contribution in [3.63, 3.8) is 0 Å². The molecule has 0 N–H and O–H groups in total. The fourth-order valence-corrected chi connectivity index (χ4v) is 11.6. The van der Waals surface area contributed by atoms with E-state index in [9.17, 15) is 0 Å². The summed E-state index contributed by atoms with van der Waals surface area (Å²) in [6, 6.07) is 13.3. The smallest absolute Gasteiger partial charge is 0.181 e. The highest BCUT2D eigenvalue weighted by Gasteiger charge is 2.33. The summed E-state index contributed by atoms with van der Waals surface area (Å²) < 4.78 is 51.2. The molecular weight excluding hydrogens is 715 g/mol. The minimum Gasteiger partial charge on any atom is -0.485 e. The van der Waals surface area contributed by atoms with E-state index in [0.29, 0.717) is 52.9 Å². The Bertz CT molecular complexity index is 2330. The van der Waals surface area contributed by atoms with Crippen LogP contribution in [0.15, 0.2) is 47.2 Å². The zero-order valence-electron chi connectivity index (χ0n) is 26.6. The third-order valence-electron chi connectivity index (χ3n) is 9.34. The van der Waals surface area contributed by atoms with Crippen LogP contribution in [0.4, 0.5) is 0 Å². The monoisotopic (exact) mass is 741 g/mol. The SMILES string of the molecule is Cn1c2ccc(-c3sc(-c4scc5c4OCCO5)c4c3OCCO4)cc2c2cc(-c3sc(-c4scc5c4OCCO5)c4c3OCCO4)ccc21. The number of nitrogens with zero attached hydrogens (tertiary/aromatic N) is 1. The van der Waals surface area contributed by atoms with Crippen molar-refractivity contribution in [2.75, 3.05) is 52.9 Å². The molecule has 4 aliphatic rings. The molecule has 13 heteroatoms. The Balaban J connectivity index is 1.05. The van der Waals surface area contributed by atoms with E-state index >= 15 is 0 Å². The van der Waals surface area contributed by atoms with Crippen LogP contribution in [0.3, 0.4) is 0 Å². The molecule has 4 aliphatic heterocycles. The van der Waals surface area contributed by atoms with Crippen LogP contribution in [-0.2, 0) is 7.05 Å². The quantitative estimate of drug-likeness (QED) is 0.177. The van der Waals surface area contributed by atoms with Crippen molar-refractivity contribution in [3.8, 4) is 86.4 Å². The number of rotatable bonds is 4. The summed E-state index contributed by atoms with van der Waals surface area (Å²) in [5, 5.41) is 6.35. The van der Waals surface area contributed by atoms with Crippen LogP contribution in [0.1, 0.15) is 0 Å². The third-order valence-corrected chi connectivity index (χ3v) is 14.0. The molecule has 0 atom stereocenters. The van der Waals surface area contributed by atoms with Crippen LogP contribution in [0.2, 0.25) is 0 Å². The van der Waals surface area contributed by atoms with Crippen molar-refractivity contribution in [2.24, 2.45) is 7.05 Å². The van der Waals surface area contributed by atoms with Crippen molar-refractivity contribution in [3.05, 3.63) is 47.2 Å². The summed E-state index contributed by atoms with van der Waals surface area (Å²) in [7, 11) is 2.12. The Morgan fingerprint density at radius 3 is 1.26 bits per heavy atom. The predicted molar refractivity (Wildman–Crippen MR) is 198 cm³/mol. The molecule has 0 aliphatic carbocycles. The molecule has 9 nitrogen and oxygen atoms in total. The largest absolute Gasteiger partial charge is 0.485 e. The van der Waals surface area contributed by atoms with Gasteiger partial charge in [0.05, 0.1) is 29.3 Å². The number of hydrogen-bond donors (Lipinski definition) is 0. The summed E-state index contributed by atoms with van der Waals surface area (Å²) >= 11 is 6.58. The number of aryl methyl sites for hydroxylation is 1. The zero-order chi connectivity index (χ0) is 32.9. The van der Waals surface area contributed by atoms with E-state index in [2.05, 4.69) is 48.0 Å². The highest BCUT2D eigenvalue weighted by Crippen LogP contribution is 2.60. The molecule has 7 aromatic rings. The number of ether oxygens (including phenoxy) is 8. The third kappa shape index (κ3) is 4.27. The standard InChI is InChI=1S/C37H27NO8S4/c1-38-22-4-2-18(32-28-30(45-12-10-43-28)36(49-32)34-26-24(16-47-34)39-6-8-41-26)14-20(22)21-15-19(3-5-23(21)38)33-29-31(46-13-11-44-29)37(50-33)35-27-25(17-48-35)40-7-9-42-27/h2-5,14-17H,6-13H2,1H3. The van der Waals surface area contributed by atoms with Gasteiger partial charge in [0.15, 0.2) is 46.0 Å². The molecule has 0 fully saturated rings. The van der Waals surface area contributed by atoms with Gasteiger partial charge in [0, 0.05) is 39.6 Å². The number of benzene rings is 2. The van der Waals surface area contributed by atoms with E-state index in [1.54, 1.807) is 45.3 Å². The maximum atomic E-state index is 6.31. The number of hydrogen-bond acceptors (Lipinski definition) is 12. The van der Waals surface area contributed by atoms with Gasteiger partial charge in [-0.3, -0.25) is 0 Å². The molecule has 0 bridgehead atoms. The molecule has 0 saturated carbocycles. The average molecular weight is 742 g/mol. The first-order valence-electron chi connectivity index (χ1n) is 16.3. The van der Waals surface area contributed by atoms with E-state index in [0.717, 1.165) is 108 Å². The van der Waals surface area contributed by atoms with Gasteiger partial charge in [-0.25, -0.2) is 0 Å². The van der Waals surface area contributed by atoms with Crippen LogP contribution in [-0.4, -0.2) is 57.4 Å². The lowest BCUT2D eigenvalue weighted by Gasteiger charge is -2.18. The maximum absolute atomic E-state index is 6.31. The van der Waals surface area contributed by atoms with Crippen molar-refractivity contribution >= 4 is 67.2 Å². The lowest BCUT2D eigenvalue weighted by atomic mass is 10.0. The normalized spacial score (nSPS) is 15.9. The van der Waals surface area contributed by atoms with Crippen LogP contribution in [0, 0.1) is 0 Å². The van der Waals surface area contributed by atoms with Crippen molar-refractivity contribution in [2.45, 2.75) is 0 Å². The van der Waals surface area contributed by atoms with E-state index in [4.69, 9.17) is 37.9 Å². The summed E-state index contributed by atoms with van der Waals surface area (Å²) in [5.41, 5.74) is 4.45. The van der Waals surface area contributed by atoms with Gasteiger partial charge >= 0.3 is 0 Å². The molecule has 0 unspecified atom stereocenters. The van der Waals surface area contributed by atoms with Gasteiger partial charge in [0.1, 0.15) is 52.9 Å². The first kappa shape index (κ1) is 29.2. The summed E-state index contributed by atoms with van der Waals surface area (Å²) in [5.74, 6) is 6.29. The Morgan fingerprint density at radius 1 is 0.440 bits per heavy atom. The first-order chi connectivity index (χ1) is 24.7. The van der Waals surface area contributed by atoms with E-state index in [-0.39, 0.29) is 0 Å². The lowest BCUT2D eigenvalue weighted by Crippen LogP contribution is -2.15. The highest BCUT2D eigenvalue weighted by molar-refractivity contribution is 7.25. The minimum atomic E-state index is 0.505. The molecule has 0 radical (unpaired) electrons. The van der Waals surface area contributed by atoms with Crippen molar-refractivity contribution in [1.29, 1.82) is 0 Å². The van der Waals surface area contributed by atoms with Gasteiger partial charge in [-0.15, -0.1) is 45.3 Å². The second-order valence-electron chi connectivity index (χ2n) is 12.2. The van der Waals surface area contributed by atoms with Crippen LogP contribution in [0.25, 0.3) is 62.2 Å². The summed E-state index contributed by atoms with van der Waals surface area (Å²) in [4.78, 5) is 6.13. The molecule has 0 spiro atoms. The molecular formula is C37H27NO8S4. The molecule has 0 saturated heterocycles. The minimum absolute atomic E-state index is 0.505. The van der Waals surface area contributed by atoms with Crippen LogP contribution < -0.4 is 37.9 Å². The highest BCUT2D eigenvalue weighted by atomic mass is 32.1. The second-order valence-corrected chi connectivity index (χ2v) is 16.0. The molecule has 252 valence electrons. The average Bonchev–Trinajstić information content (AvgIpc) is 3.99. The molecule has 9 heterocycles. The number of fused-ring (bicyclic) bond motifs is 7. The molecule has 0 amide bonds. The number of thiophene rings is 4. The Hall–Kier alpha value is -4.56. The Kier molecular flexibility index (Phi) is 6.55. The zero-order valence-corrected chi connectivity index (χ0v) is 29.9. The number of aromatic nitrogens is 1.